The molecule has 1 atom stereocenters. The van der Waals surface area contributed by atoms with Crippen LogP contribution in [0.5, 0.6) is 0 Å². The first-order valence-corrected chi connectivity index (χ1v) is 6.80. The zero-order chi connectivity index (χ0) is 10.7. The van der Waals surface area contributed by atoms with Crippen molar-refractivity contribution in [2.75, 3.05) is 18.1 Å². The summed E-state index contributed by atoms with van der Waals surface area (Å²) in [7, 11) is 0. The van der Waals surface area contributed by atoms with E-state index in [1.807, 2.05) is 23.9 Å². The second-order valence-corrected chi connectivity index (χ2v) is 5.86. The molecule has 1 heterocycles. The molecule has 0 spiro atoms. The summed E-state index contributed by atoms with van der Waals surface area (Å²) in [5.41, 5.74) is 7.54. The van der Waals surface area contributed by atoms with Crippen molar-refractivity contribution < 1.29 is 0 Å². The van der Waals surface area contributed by atoms with E-state index in [2.05, 4.69) is 12.1 Å². The molecule has 15 heavy (non-hydrogen) atoms. The molecular formula is C12H16ClNS. The fraction of sp³-hybridized carbons (Fsp3) is 0.500. The monoisotopic (exact) mass is 241 g/mol. The van der Waals surface area contributed by atoms with Gasteiger partial charge in [0.2, 0.25) is 0 Å². The highest BCUT2D eigenvalue weighted by Crippen LogP contribution is 2.38. The summed E-state index contributed by atoms with van der Waals surface area (Å²) in [6.45, 7) is 0.784. The van der Waals surface area contributed by atoms with E-state index in [1.165, 1.54) is 23.5 Å². The van der Waals surface area contributed by atoms with Gasteiger partial charge in [-0.15, -0.1) is 0 Å². The van der Waals surface area contributed by atoms with Crippen LogP contribution in [0.2, 0.25) is 5.02 Å². The second kappa shape index (κ2) is 4.77. The van der Waals surface area contributed by atoms with Crippen LogP contribution in [-0.2, 0) is 6.42 Å². The summed E-state index contributed by atoms with van der Waals surface area (Å²) in [4.78, 5) is 0. The highest BCUT2D eigenvalue weighted by molar-refractivity contribution is 7.99. The zero-order valence-electron chi connectivity index (χ0n) is 8.71. The molecule has 0 bridgehead atoms. The minimum absolute atomic E-state index is 0.315. The molecule has 1 unspecified atom stereocenters. The molecule has 0 radical (unpaired) electrons. The number of benzene rings is 1. The predicted octanol–water partition coefficient (Wildman–Crippen LogP) is 2.96. The molecule has 3 heteroatoms. The van der Waals surface area contributed by atoms with Crippen molar-refractivity contribution in [1.82, 2.24) is 0 Å². The quantitative estimate of drug-likeness (QED) is 0.881. The Balaban J connectivity index is 2.12. The smallest absolute Gasteiger partial charge is 0.0408 e. The predicted molar refractivity (Wildman–Crippen MR) is 68.6 cm³/mol. The van der Waals surface area contributed by atoms with Crippen LogP contribution in [0.4, 0.5) is 0 Å². The van der Waals surface area contributed by atoms with Crippen LogP contribution in [0.25, 0.3) is 0 Å². The summed E-state index contributed by atoms with van der Waals surface area (Å²) < 4.78 is 0. The Hall–Kier alpha value is -0.180. The third-order valence-corrected chi connectivity index (χ3v) is 4.63. The van der Waals surface area contributed by atoms with E-state index in [9.17, 15) is 0 Å². The normalized spacial score (nSPS) is 25.7. The van der Waals surface area contributed by atoms with Crippen molar-refractivity contribution in [3.63, 3.8) is 0 Å². The third kappa shape index (κ3) is 2.68. The number of halogens is 1. The van der Waals surface area contributed by atoms with Gasteiger partial charge in [-0.1, -0.05) is 23.7 Å². The van der Waals surface area contributed by atoms with Gasteiger partial charge in [-0.3, -0.25) is 0 Å². The third-order valence-electron chi connectivity index (χ3n) is 3.09. The van der Waals surface area contributed by atoms with Crippen molar-refractivity contribution in [2.24, 2.45) is 11.1 Å². The summed E-state index contributed by atoms with van der Waals surface area (Å²) in [5, 5.41) is 0.824. The van der Waals surface area contributed by atoms with Crippen molar-refractivity contribution in [3.05, 3.63) is 34.9 Å². The van der Waals surface area contributed by atoms with Crippen molar-refractivity contribution in [3.8, 4) is 0 Å². The van der Waals surface area contributed by atoms with E-state index in [4.69, 9.17) is 17.3 Å². The molecule has 1 saturated heterocycles. The fourth-order valence-corrected chi connectivity index (χ4v) is 3.83. The van der Waals surface area contributed by atoms with Gasteiger partial charge in [0, 0.05) is 10.8 Å². The van der Waals surface area contributed by atoms with E-state index in [0.29, 0.717) is 5.41 Å². The Morgan fingerprint density at radius 3 is 2.93 bits per heavy atom. The van der Waals surface area contributed by atoms with Crippen molar-refractivity contribution in [1.29, 1.82) is 0 Å². The van der Waals surface area contributed by atoms with Crippen LogP contribution >= 0.6 is 23.4 Å². The summed E-state index contributed by atoms with van der Waals surface area (Å²) in [6, 6.07) is 8.14. The Bertz CT molecular complexity index is 334. The lowest BCUT2D eigenvalue weighted by Crippen LogP contribution is -2.32. The SMILES string of the molecule is NCC1(Cc2cccc(Cl)c2)CCSC1. The lowest BCUT2D eigenvalue weighted by Gasteiger charge is -2.26. The number of hydrogen-bond donors (Lipinski definition) is 1. The van der Waals surface area contributed by atoms with Crippen molar-refractivity contribution in [2.45, 2.75) is 12.8 Å². The van der Waals surface area contributed by atoms with E-state index >= 15 is 0 Å². The zero-order valence-corrected chi connectivity index (χ0v) is 10.3. The Kier molecular flexibility index (Phi) is 3.60. The lowest BCUT2D eigenvalue weighted by atomic mass is 9.81. The van der Waals surface area contributed by atoms with Gasteiger partial charge in [0.1, 0.15) is 0 Å². The Morgan fingerprint density at radius 2 is 2.33 bits per heavy atom. The Morgan fingerprint density at radius 1 is 1.47 bits per heavy atom. The molecular weight excluding hydrogens is 226 g/mol. The molecule has 2 rings (SSSR count). The molecule has 0 saturated carbocycles. The van der Waals surface area contributed by atoms with Gasteiger partial charge >= 0.3 is 0 Å². The molecule has 1 aromatic carbocycles. The van der Waals surface area contributed by atoms with Gasteiger partial charge in [0.25, 0.3) is 0 Å². The molecule has 0 aliphatic carbocycles. The van der Waals surface area contributed by atoms with Gasteiger partial charge < -0.3 is 5.73 Å². The highest BCUT2D eigenvalue weighted by atomic mass is 35.5. The van der Waals surface area contributed by atoms with Crippen LogP contribution in [-0.4, -0.2) is 18.1 Å². The standard InChI is InChI=1S/C12H16ClNS/c13-11-3-1-2-10(6-11)7-12(8-14)4-5-15-9-12/h1-3,6H,4-5,7-9,14H2. The van der Waals surface area contributed by atoms with Crippen LogP contribution in [0.1, 0.15) is 12.0 Å². The number of hydrogen-bond acceptors (Lipinski definition) is 2. The molecule has 1 fully saturated rings. The number of nitrogens with two attached hydrogens (primary N) is 1. The summed E-state index contributed by atoms with van der Waals surface area (Å²) in [6.07, 6.45) is 2.30. The average molecular weight is 242 g/mol. The van der Waals surface area contributed by atoms with E-state index in [-0.39, 0.29) is 0 Å². The molecule has 1 aliphatic rings. The highest BCUT2D eigenvalue weighted by Gasteiger charge is 2.32. The maximum Gasteiger partial charge on any atom is 0.0408 e. The molecule has 82 valence electrons. The van der Waals surface area contributed by atoms with E-state index < -0.39 is 0 Å². The molecule has 0 amide bonds. The van der Waals surface area contributed by atoms with Gasteiger partial charge in [-0.25, -0.2) is 0 Å². The van der Waals surface area contributed by atoms with Gasteiger partial charge in [0.15, 0.2) is 0 Å². The first kappa shape index (κ1) is 11.3. The minimum Gasteiger partial charge on any atom is -0.330 e. The number of rotatable bonds is 3. The summed E-state index contributed by atoms with van der Waals surface area (Å²) in [5.74, 6) is 2.44. The topological polar surface area (TPSA) is 26.0 Å². The largest absolute Gasteiger partial charge is 0.330 e. The average Bonchev–Trinajstić information content (AvgIpc) is 2.67. The van der Waals surface area contributed by atoms with E-state index in [0.717, 1.165) is 18.0 Å². The number of thioether (sulfide) groups is 1. The maximum absolute atomic E-state index is 5.98. The van der Waals surface area contributed by atoms with Crippen LogP contribution < -0.4 is 5.73 Å². The minimum atomic E-state index is 0.315. The van der Waals surface area contributed by atoms with E-state index in [1.54, 1.807) is 0 Å². The fourth-order valence-electron chi connectivity index (χ4n) is 2.10. The van der Waals surface area contributed by atoms with Crippen molar-refractivity contribution >= 4 is 23.4 Å². The summed E-state index contributed by atoms with van der Waals surface area (Å²) >= 11 is 8.00. The van der Waals surface area contributed by atoms with Gasteiger partial charge in [0.05, 0.1) is 0 Å². The van der Waals surface area contributed by atoms with Gasteiger partial charge in [-0.2, -0.15) is 11.8 Å². The second-order valence-electron chi connectivity index (χ2n) is 4.31. The first-order chi connectivity index (χ1) is 7.24. The van der Waals surface area contributed by atoms with Gasteiger partial charge in [-0.05, 0) is 48.3 Å². The van der Waals surface area contributed by atoms with Crippen LogP contribution in [0, 0.1) is 5.41 Å². The first-order valence-electron chi connectivity index (χ1n) is 5.26. The van der Waals surface area contributed by atoms with Crippen LogP contribution in [0.3, 0.4) is 0 Å². The maximum atomic E-state index is 5.98. The van der Waals surface area contributed by atoms with Crippen LogP contribution in [0.15, 0.2) is 24.3 Å². The molecule has 1 aromatic rings. The molecule has 1 nitrogen and oxygen atoms in total. The molecule has 1 aliphatic heterocycles. The molecule has 2 N–H and O–H groups in total. The molecule has 0 aromatic heterocycles. The lowest BCUT2D eigenvalue weighted by molar-refractivity contribution is 0.346. The Labute approximate surface area is 100 Å².